The van der Waals surface area contributed by atoms with Crippen LogP contribution in [0.4, 0.5) is 0 Å². The van der Waals surface area contributed by atoms with Crippen LogP contribution in [0.15, 0.2) is 23.1 Å². The molecule has 0 spiro atoms. The third-order valence-corrected chi connectivity index (χ3v) is 5.22. The van der Waals surface area contributed by atoms with Crippen LogP contribution in [-0.2, 0) is 9.84 Å². The highest BCUT2D eigenvalue weighted by molar-refractivity contribution is 7.92. The van der Waals surface area contributed by atoms with Gasteiger partial charge in [0.05, 0.1) is 16.2 Å². The van der Waals surface area contributed by atoms with Gasteiger partial charge in [0.2, 0.25) is 6.79 Å². The number of aliphatic hydroxyl groups excluding tert-OH is 1. The predicted octanol–water partition coefficient (Wildman–Crippen LogP) is 0.960. The molecule has 0 unspecified atom stereocenters. The zero-order chi connectivity index (χ0) is 12.7. The molecule has 1 aromatic carbocycles. The summed E-state index contributed by atoms with van der Waals surface area (Å²) in [7, 11) is -3.60. The van der Waals surface area contributed by atoms with Crippen LogP contribution < -0.4 is 9.47 Å². The second-order valence-electron chi connectivity index (χ2n) is 4.44. The minimum absolute atomic E-state index is 0.0994. The number of fused-ring (bicyclic) bond motifs is 1. The molecule has 0 amide bonds. The first-order chi connectivity index (χ1) is 7.88. The van der Waals surface area contributed by atoms with Gasteiger partial charge in [0.15, 0.2) is 21.3 Å². The number of aliphatic hydroxyl groups is 1. The van der Waals surface area contributed by atoms with Crippen molar-refractivity contribution in [2.24, 2.45) is 0 Å². The summed E-state index contributed by atoms with van der Waals surface area (Å²) in [6.07, 6.45) is 0. The van der Waals surface area contributed by atoms with Crippen LogP contribution in [0.5, 0.6) is 11.5 Å². The maximum atomic E-state index is 12.2. The first kappa shape index (κ1) is 12.2. The Bertz CT molecular complexity index is 533. The predicted molar refractivity (Wildman–Crippen MR) is 60.9 cm³/mol. The smallest absolute Gasteiger partial charge is 0.231 e. The van der Waals surface area contributed by atoms with E-state index in [1.807, 2.05) is 0 Å². The standard InChI is InChI=1S/C11H14O5S/c1-11(2,6-12)17(13,14)8-3-4-9-10(5-8)16-7-15-9/h3-5,12H,6-7H2,1-2H3. The number of benzene rings is 1. The van der Waals surface area contributed by atoms with Crippen molar-refractivity contribution in [3.05, 3.63) is 18.2 Å². The van der Waals surface area contributed by atoms with E-state index in [2.05, 4.69) is 0 Å². The Morgan fingerprint density at radius 3 is 2.59 bits per heavy atom. The Kier molecular flexibility index (Phi) is 2.79. The van der Waals surface area contributed by atoms with Gasteiger partial charge in [-0.05, 0) is 26.0 Å². The minimum atomic E-state index is -3.60. The van der Waals surface area contributed by atoms with Gasteiger partial charge in [0.1, 0.15) is 0 Å². The molecule has 0 radical (unpaired) electrons. The van der Waals surface area contributed by atoms with E-state index in [0.717, 1.165) is 0 Å². The number of hydrogen-bond acceptors (Lipinski definition) is 5. The first-order valence-corrected chi connectivity index (χ1v) is 6.62. The fourth-order valence-electron chi connectivity index (χ4n) is 1.45. The first-order valence-electron chi connectivity index (χ1n) is 5.13. The highest BCUT2D eigenvalue weighted by atomic mass is 32.2. The van der Waals surface area contributed by atoms with E-state index < -0.39 is 21.2 Å². The van der Waals surface area contributed by atoms with E-state index >= 15 is 0 Å². The molecule has 5 nitrogen and oxygen atoms in total. The van der Waals surface area contributed by atoms with Crippen LogP contribution in [0.25, 0.3) is 0 Å². The zero-order valence-corrected chi connectivity index (χ0v) is 10.5. The molecule has 1 aliphatic rings. The molecule has 0 bridgehead atoms. The maximum absolute atomic E-state index is 12.2. The van der Waals surface area contributed by atoms with Crippen molar-refractivity contribution in [3.63, 3.8) is 0 Å². The second-order valence-corrected chi connectivity index (χ2v) is 7.02. The SMILES string of the molecule is CC(C)(CO)S(=O)(=O)c1ccc2c(c1)OCO2. The van der Waals surface area contributed by atoms with Gasteiger partial charge in [-0.25, -0.2) is 8.42 Å². The molecule has 1 heterocycles. The Labute approximate surface area is 99.9 Å². The van der Waals surface area contributed by atoms with Crippen LogP contribution >= 0.6 is 0 Å². The summed E-state index contributed by atoms with van der Waals surface area (Å²) in [5.41, 5.74) is 0. The molecule has 0 aromatic heterocycles. The highest BCUT2D eigenvalue weighted by Crippen LogP contribution is 2.36. The van der Waals surface area contributed by atoms with E-state index in [1.165, 1.54) is 26.0 Å². The summed E-state index contributed by atoms with van der Waals surface area (Å²) in [6.45, 7) is 2.62. The fourth-order valence-corrected chi connectivity index (χ4v) is 2.77. The number of ether oxygens (including phenoxy) is 2. The molecule has 0 aliphatic carbocycles. The van der Waals surface area contributed by atoms with Gasteiger partial charge in [0, 0.05) is 6.07 Å². The molecular weight excluding hydrogens is 244 g/mol. The molecular formula is C11H14O5S. The van der Waals surface area contributed by atoms with Gasteiger partial charge in [-0.15, -0.1) is 0 Å². The molecule has 1 aliphatic heterocycles. The Morgan fingerprint density at radius 2 is 1.94 bits per heavy atom. The number of sulfone groups is 1. The molecule has 2 rings (SSSR count). The van der Waals surface area contributed by atoms with E-state index in [0.29, 0.717) is 11.5 Å². The molecule has 0 saturated heterocycles. The van der Waals surface area contributed by atoms with Gasteiger partial charge in [-0.1, -0.05) is 0 Å². The van der Waals surface area contributed by atoms with Crippen LogP contribution in [0, 0.1) is 0 Å². The van der Waals surface area contributed by atoms with Crippen LogP contribution in [0.1, 0.15) is 13.8 Å². The van der Waals surface area contributed by atoms with E-state index in [4.69, 9.17) is 14.6 Å². The topological polar surface area (TPSA) is 72.8 Å². The van der Waals surface area contributed by atoms with Gasteiger partial charge >= 0.3 is 0 Å². The van der Waals surface area contributed by atoms with Crippen LogP contribution in [-0.4, -0.2) is 31.7 Å². The lowest BCUT2D eigenvalue weighted by Crippen LogP contribution is -2.35. The molecule has 0 saturated carbocycles. The lowest BCUT2D eigenvalue weighted by Gasteiger charge is -2.22. The minimum Gasteiger partial charge on any atom is -0.454 e. The summed E-state index contributed by atoms with van der Waals surface area (Å²) in [5.74, 6) is 0.950. The highest BCUT2D eigenvalue weighted by Gasteiger charge is 2.36. The summed E-state index contributed by atoms with van der Waals surface area (Å²) in [6, 6.07) is 4.44. The Balaban J connectivity index is 2.48. The van der Waals surface area contributed by atoms with Crippen molar-refractivity contribution in [3.8, 4) is 11.5 Å². The molecule has 6 heteroatoms. The zero-order valence-electron chi connectivity index (χ0n) is 9.63. The molecule has 94 valence electrons. The number of rotatable bonds is 3. The third-order valence-electron chi connectivity index (χ3n) is 2.76. The van der Waals surface area contributed by atoms with Gasteiger partial charge in [0.25, 0.3) is 0 Å². The average molecular weight is 258 g/mol. The summed E-state index contributed by atoms with van der Waals surface area (Å²) < 4.78 is 33.5. The molecule has 1 N–H and O–H groups in total. The van der Waals surface area contributed by atoms with Crippen molar-refractivity contribution < 1.29 is 23.0 Å². The van der Waals surface area contributed by atoms with Crippen molar-refractivity contribution >= 4 is 9.84 Å². The largest absolute Gasteiger partial charge is 0.454 e. The second kappa shape index (κ2) is 3.89. The van der Waals surface area contributed by atoms with Gasteiger partial charge < -0.3 is 14.6 Å². The summed E-state index contributed by atoms with van der Waals surface area (Å²) in [4.78, 5) is 0.126. The normalized spacial score (nSPS) is 15.0. The monoisotopic (exact) mass is 258 g/mol. The van der Waals surface area contributed by atoms with Crippen molar-refractivity contribution in [1.82, 2.24) is 0 Å². The van der Waals surface area contributed by atoms with E-state index in [9.17, 15) is 8.42 Å². The number of hydrogen-bond donors (Lipinski definition) is 1. The molecule has 0 atom stereocenters. The molecule has 1 aromatic rings. The van der Waals surface area contributed by atoms with Crippen molar-refractivity contribution in [2.45, 2.75) is 23.5 Å². The molecule has 0 fully saturated rings. The summed E-state index contributed by atoms with van der Waals surface area (Å²) in [5, 5.41) is 9.15. The maximum Gasteiger partial charge on any atom is 0.231 e. The Hall–Kier alpha value is -1.27. The van der Waals surface area contributed by atoms with Crippen molar-refractivity contribution in [2.75, 3.05) is 13.4 Å². The van der Waals surface area contributed by atoms with Gasteiger partial charge in [-0.3, -0.25) is 0 Å². The van der Waals surface area contributed by atoms with Crippen LogP contribution in [0.2, 0.25) is 0 Å². The summed E-state index contributed by atoms with van der Waals surface area (Å²) >= 11 is 0. The lowest BCUT2D eigenvalue weighted by molar-refractivity contribution is 0.174. The average Bonchev–Trinajstić information content (AvgIpc) is 2.75. The van der Waals surface area contributed by atoms with Gasteiger partial charge in [-0.2, -0.15) is 0 Å². The lowest BCUT2D eigenvalue weighted by atomic mass is 10.2. The third kappa shape index (κ3) is 1.87. The van der Waals surface area contributed by atoms with E-state index in [-0.39, 0.29) is 11.7 Å². The van der Waals surface area contributed by atoms with Crippen molar-refractivity contribution in [1.29, 1.82) is 0 Å². The van der Waals surface area contributed by atoms with Crippen LogP contribution in [0.3, 0.4) is 0 Å². The fraction of sp³-hybridized carbons (Fsp3) is 0.455. The Morgan fingerprint density at radius 1 is 1.29 bits per heavy atom. The molecule has 17 heavy (non-hydrogen) atoms. The quantitative estimate of drug-likeness (QED) is 0.874. The van der Waals surface area contributed by atoms with E-state index in [1.54, 1.807) is 6.07 Å².